The van der Waals surface area contributed by atoms with Crippen LogP contribution in [0.4, 0.5) is 0 Å². The highest BCUT2D eigenvalue weighted by Crippen LogP contribution is 2.16. The Kier molecular flexibility index (Phi) is 4.80. The molecule has 4 heteroatoms. The van der Waals surface area contributed by atoms with Crippen LogP contribution in [0, 0.1) is 11.8 Å². The number of hydrogen-bond acceptors (Lipinski definition) is 3. The molecule has 0 saturated heterocycles. The summed E-state index contributed by atoms with van der Waals surface area (Å²) in [5.74, 6) is 5.78. The molecule has 0 unspecified atom stereocenters. The van der Waals surface area contributed by atoms with Gasteiger partial charge in [-0.3, -0.25) is 0 Å². The first-order valence-corrected chi connectivity index (χ1v) is 6.60. The number of methoxy groups -OCH3 is 1. The highest BCUT2D eigenvalue weighted by Gasteiger charge is 2.00. The third kappa shape index (κ3) is 4.15. The first kappa shape index (κ1) is 14.2. The molecule has 0 aliphatic rings. The highest BCUT2D eigenvalue weighted by molar-refractivity contribution is 9.10. The second-order valence-corrected chi connectivity index (χ2v) is 4.74. The first-order valence-electron chi connectivity index (χ1n) is 5.81. The molecule has 100 valence electrons. The van der Waals surface area contributed by atoms with Gasteiger partial charge in [0.05, 0.1) is 7.11 Å². The van der Waals surface area contributed by atoms with Gasteiger partial charge in [0.1, 0.15) is 11.5 Å². The van der Waals surface area contributed by atoms with E-state index in [2.05, 4.69) is 27.8 Å². The predicted molar refractivity (Wildman–Crippen MR) is 79.6 cm³/mol. The molecule has 0 bridgehead atoms. The molecule has 2 rings (SSSR count). The number of esters is 1. The van der Waals surface area contributed by atoms with E-state index in [4.69, 9.17) is 9.47 Å². The van der Waals surface area contributed by atoms with E-state index < -0.39 is 5.97 Å². The Bertz CT molecular complexity index is 649. The van der Waals surface area contributed by atoms with Crippen LogP contribution in [-0.2, 0) is 4.79 Å². The van der Waals surface area contributed by atoms with Crippen molar-refractivity contribution in [2.24, 2.45) is 0 Å². The van der Waals surface area contributed by atoms with E-state index in [-0.39, 0.29) is 0 Å². The van der Waals surface area contributed by atoms with Crippen molar-refractivity contribution in [2.75, 3.05) is 7.11 Å². The number of carbonyl (C=O) groups is 1. The average Bonchev–Trinajstić information content (AvgIpc) is 2.48. The molecule has 0 N–H and O–H groups in total. The maximum absolute atomic E-state index is 11.6. The second kappa shape index (κ2) is 6.78. The van der Waals surface area contributed by atoms with Crippen LogP contribution in [-0.4, -0.2) is 13.1 Å². The predicted octanol–water partition coefficient (Wildman–Crippen LogP) is 3.41. The number of ether oxygens (including phenoxy) is 2. The van der Waals surface area contributed by atoms with Crippen molar-refractivity contribution in [3.63, 3.8) is 0 Å². The van der Waals surface area contributed by atoms with Gasteiger partial charge in [-0.25, -0.2) is 4.79 Å². The molecule has 0 fully saturated rings. The maximum atomic E-state index is 11.6. The average molecular weight is 331 g/mol. The van der Waals surface area contributed by atoms with E-state index >= 15 is 0 Å². The summed E-state index contributed by atoms with van der Waals surface area (Å²) in [7, 11) is 1.59. The standard InChI is InChI=1S/C16H11BrO3/c1-19-14-7-2-12(3-8-14)4-11-16(18)20-15-9-5-13(17)6-10-15/h2-3,5-10H,1H3. The fourth-order valence-corrected chi connectivity index (χ4v) is 1.70. The minimum absolute atomic E-state index is 0.460. The third-order valence-corrected chi connectivity index (χ3v) is 2.95. The Labute approximate surface area is 125 Å². The van der Waals surface area contributed by atoms with Gasteiger partial charge in [-0.2, -0.15) is 0 Å². The van der Waals surface area contributed by atoms with Gasteiger partial charge >= 0.3 is 5.97 Å². The number of hydrogen-bond donors (Lipinski definition) is 0. The zero-order chi connectivity index (χ0) is 14.4. The van der Waals surface area contributed by atoms with E-state index in [1.807, 2.05) is 0 Å². The van der Waals surface area contributed by atoms with E-state index in [1.54, 1.807) is 55.6 Å². The molecule has 0 atom stereocenters. The molecule has 0 aromatic heterocycles. The molecular weight excluding hydrogens is 320 g/mol. The normalized spacial score (nSPS) is 9.30. The monoisotopic (exact) mass is 330 g/mol. The van der Waals surface area contributed by atoms with E-state index in [0.717, 1.165) is 15.8 Å². The third-order valence-electron chi connectivity index (χ3n) is 2.42. The minimum Gasteiger partial charge on any atom is -0.497 e. The quantitative estimate of drug-likeness (QED) is 0.481. The number of carbonyl (C=O) groups excluding carboxylic acids is 1. The van der Waals surface area contributed by atoms with Gasteiger partial charge in [0, 0.05) is 16.0 Å². The molecule has 0 saturated carbocycles. The van der Waals surface area contributed by atoms with Gasteiger partial charge < -0.3 is 9.47 Å². The molecule has 0 heterocycles. The van der Waals surface area contributed by atoms with Crippen molar-refractivity contribution < 1.29 is 14.3 Å². The topological polar surface area (TPSA) is 35.5 Å². The number of halogens is 1. The lowest BCUT2D eigenvalue weighted by molar-refractivity contribution is -0.128. The van der Waals surface area contributed by atoms with Crippen molar-refractivity contribution in [1.82, 2.24) is 0 Å². The molecular formula is C16H11BrO3. The smallest absolute Gasteiger partial charge is 0.390 e. The molecule has 0 spiro atoms. The molecule has 0 aliphatic carbocycles. The van der Waals surface area contributed by atoms with Gasteiger partial charge in [-0.05, 0) is 48.5 Å². The lowest BCUT2D eigenvalue weighted by Gasteiger charge is -1.99. The Morgan fingerprint density at radius 2 is 1.60 bits per heavy atom. The maximum Gasteiger partial charge on any atom is 0.390 e. The zero-order valence-corrected chi connectivity index (χ0v) is 12.3. The Balaban J connectivity index is 2.00. The van der Waals surface area contributed by atoms with E-state index in [1.165, 1.54) is 0 Å². The first-order chi connectivity index (χ1) is 9.67. The second-order valence-electron chi connectivity index (χ2n) is 3.82. The molecule has 2 aromatic rings. The Morgan fingerprint density at radius 3 is 2.20 bits per heavy atom. The van der Waals surface area contributed by atoms with Crippen LogP contribution in [0.15, 0.2) is 53.0 Å². The molecule has 2 aromatic carbocycles. The van der Waals surface area contributed by atoms with Gasteiger partial charge in [-0.15, -0.1) is 0 Å². The highest BCUT2D eigenvalue weighted by atomic mass is 79.9. The molecule has 20 heavy (non-hydrogen) atoms. The van der Waals surface area contributed by atoms with Crippen LogP contribution in [0.2, 0.25) is 0 Å². The van der Waals surface area contributed by atoms with Crippen molar-refractivity contribution in [3.05, 3.63) is 58.6 Å². The lowest BCUT2D eigenvalue weighted by atomic mass is 10.2. The fourth-order valence-electron chi connectivity index (χ4n) is 1.43. The molecule has 3 nitrogen and oxygen atoms in total. The molecule has 0 aliphatic heterocycles. The van der Waals surface area contributed by atoms with Gasteiger partial charge in [-0.1, -0.05) is 21.9 Å². The summed E-state index contributed by atoms with van der Waals surface area (Å²) in [5, 5.41) is 0. The minimum atomic E-state index is -0.594. The number of benzene rings is 2. The van der Waals surface area contributed by atoms with Crippen LogP contribution in [0.1, 0.15) is 5.56 Å². The van der Waals surface area contributed by atoms with Crippen LogP contribution >= 0.6 is 15.9 Å². The summed E-state index contributed by atoms with van der Waals surface area (Å²) in [6.07, 6.45) is 0. The van der Waals surface area contributed by atoms with Crippen LogP contribution in [0.5, 0.6) is 11.5 Å². The summed E-state index contributed by atoms with van der Waals surface area (Å²) >= 11 is 3.31. The number of rotatable bonds is 2. The summed E-state index contributed by atoms with van der Waals surface area (Å²) in [5.41, 5.74) is 0.721. The fraction of sp³-hybridized carbons (Fsp3) is 0.0625. The summed E-state index contributed by atoms with van der Waals surface area (Å²) in [4.78, 5) is 11.6. The Morgan fingerprint density at radius 1 is 1.00 bits per heavy atom. The zero-order valence-electron chi connectivity index (χ0n) is 10.7. The summed E-state index contributed by atoms with van der Waals surface area (Å²) < 4.78 is 11.0. The molecule has 0 amide bonds. The summed E-state index contributed by atoms with van der Waals surface area (Å²) in [6.45, 7) is 0. The van der Waals surface area contributed by atoms with Crippen LogP contribution in [0.25, 0.3) is 0 Å². The van der Waals surface area contributed by atoms with Crippen molar-refractivity contribution in [1.29, 1.82) is 0 Å². The lowest BCUT2D eigenvalue weighted by Crippen LogP contribution is -2.04. The van der Waals surface area contributed by atoms with Crippen molar-refractivity contribution in [2.45, 2.75) is 0 Å². The SMILES string of the molecule is COc1ccc(C#CC(=O)Oc2ccc(Br)cc2)cc1. The van der Waals surface area contributed by atoms with Gasteiger partial charge in [0.2, 0.25) is 0 Å². The largest absolute Gasteiger partial charge is 0.497 e. The molecule has 0 radical (unpaired) electrons. The summed E-state index contributed by atoms with van der Waals surface area (Å²) in [6, 6.07) is 14.1. The van der Waals surface area contributed by atoms with Crippen LogP contribution in [0.3, 0.4) is 0 Å². The van der Waals surface area contributed by atoms with Gasteiger partial charge in [0.25, 0.3) is 0 Å². The van der Waals surface area contributed by atoms with E-state index in [9.17, 15) is 4.79 Å². The van der Waals surface area contributed by atoms with E-state index in [0.29, 0.717) is 5.75 Å². The van der Waals surface area contributed by atoms with Gasteiger partial charge in [0.15, 0.2) is 0 Å². The van der Waals surface area contributed by atoms with Crippen molar-refractivity contribution in [3.8, 4) is 23.3 Å². The van der Waals surface area contributed by atoms with Crippen molar-refractivity contribution >= 4 is 21.9 Å². The Hall–Kier alpha value is -2.25. The van der Waals surface area contributed by atoms with Crippen LogP contribution < -0.4 is 9.47 Å².